The molecule has 0 amide bonds. The van der Waals surface area contributed by atoms with E-state index in [-0.39, 0.29) is 29.8 Å². The van der Waals surface area contributed by atoms with Crippen LogP contribution in [-0.4, -0.2) is 57.0 Å². The van der Waals surface area contributed by atoms with Crippen LogP contribution in [0, 0.1) is 24.2 Å². The van der Waals surface area contributed by atoms with Crippen molar-refractivity contribution in [3.05, 3.63) is 33.8 Å². The third kappa shape index (κ3) is 6.47. The van der Waals surface area contributed by atoms with Crippen molar-refractivity contribution < 1.29 is 29.3 Å². The Hall–Kier alpha value is -1.87. The van der Waals surface area contributed by atoms with Gasteiger partial charge in [-0.05, 0) is 38.8 Å². The number of hydrogen-bond acceptors (Lipinski definition) is 8. The molecule has 7 nitrogen and oxygen atoms in total. The van der Waals surface area contributed by atoms with Crippen molar-refractivity contribution in [2.45, 2.75) is 97.7 Å². The molecule has 194 valence electrons. The lowest BCUT2D eigenvalue weighted by atomic mass is 9.73. The maximum absolute atomic E-state index is 13.2. The van der Waals surface area contributed by atoms with E-state index in [9.17, 15) is 19.8 Å². The lowest BCUT2D eigenvalue weighted by molar-refractivity contribution is -0.154. The van der Waals surface area contributed by atoms with Crippen LogP contribution in [0.25, 0.3) is 6.08 Å². The molecule has 35 heavy (non-hydrogen) atoms. The highest BCUT2D eigenvalue weighted by molar-refractivity contribution is 7.09. The van der Waals surface area contributed by atoms with Gasteiger partial charge in [0.2, 0.25) is 0 Å². The Morgan fingerprint density at radius 1 is 1.23 bits per heavy atom. The second kappa shape index (κ2) is 10.6. The molecule has 3 unspecified atom stereocenters. The number of carbonyl (C=O) groups excluding carboxylic acids is 2. The Kier molecular flexibility index (Phi) is 8.41. The number of esters is 1. The molecule has 1 aromatic rings. The van der Waals surface area contributed by atoms with Crippen LogP contribution in [0.4, 0.5) is 0 Å². The summed E-state index contributed by atoms with van der Waals surface area (Å²) in [5, 5.41) is 24.5. The molecule has 0 spiro atoms. The molecule has 0 bridgehead atoms. The lowest BCUT2D eigenvalue weighted by Gasteiger charge is -2.34. The standard InChI is InChI=1S/C27H39NO6S/c1-15-9-8-10-27(7)22(34-27)12-20(16(2)11-19-14-35-18(4)28-19)33-23(30)13-21(29)26(5,6)25(32)17(3)24(15)31/h8-9,11,14-15,17,20-22,24,29,31H,10,12-13H2,1-7H3/b9-8+,16-11+/t15?,17?,20?,21-,22-,24-,27+/m0/s1. The zero-order chi connectivity index (χ0) is 26.1. The molecule has 8 heteroatoms. The number of Topliss-reactive ketones (excluding diaryl/α,β-unsaturated/α-hetero) is 1. The van der Waals surface area contributed by atoms with E-state index in [4.69, 9.17) is 9.47 Å². The van der Waals surface area contributed by atoms with E-state index in [0.29, 0.717) is 12.8 Å². The average molecular weight is 506 g/mol. The average Bonchev–Trinajstić information content (AvgIpc) is 3.22. The number of thiazole rings is 1. The summed E-state index contributed by atoms with van der Waals surface area (Å²) in [6.07, 6.45) is 3.84. The fraction of sp³-hybridized carbons (Fsp3) is 0.667. The molecule has 2 N–H and O–H groups in total. The third-order valence-corrected chi connectivity index (χ3v) is 8.30. The van der Waals surface area contributed by atoms with E-state index in [2.05, 4.69) is 4.98 Å². The number of hydrogen-bond donors (Lipinski definition) is 2. The highest BCUT2D eigenvalue weighted by Gasteiger charge is 2.52. The maximum atomic E-state index is 13.2. The van der Waals surface area contributed by atoms with Crippen LogP contribution in [0.5, 0.6) is 0 Å². The highest BCUT2D eigenvalue weighted by atomic mass is 32.1. The molecule has 0 aromatic carbocycles. The number of epoxide rings is 1. The minimum atomic E-state index is -1.25. The molecule has 0 radical (unpaired) electrons. The van der Waals surface area contributed by atoms with Gasteiger partial charge in [-0.1, -0.05) is 39.8 Å². The van der Waals surface area contributed by atoms with Gasteiger partial charge >= 0.3 is 5.97 Å². The first-order chi connectivity index (χ1) is 16.2. The summed E-state index contributed by atoms with van der Waals surface area (Å²) in [5.74, 6) is -1.83. The van der Waals surface area contributed by atoms with Gasteiger partial charge in [-0.15, -0.1) is 11.3 Å². The fourth-order valence-electron chi connectivity index (χ4n) is 4.67. The third-order valence-electron chi connectivity index (χ3n) is 7.51. The van der Waals surface area contributed by atoms with Gasteiger partial charge in [-0.3, -0.25) is 9.59 Å². The number of rotatable bonds is 2. The fourth-order valence-corrected chi connectivity index (χ4v) is 5.24. The van der Waals surface area contributed by atoms with E-state index in [1.165, 1.54) is 0 Å². The molecular weight excluding hydrogens is 466 g/mol. The Morgan fingerprint density at radius 2 is 1.91 bits per heavy atom. The second-order valence-electron chi connectivity index (χ2n) is 10.9. The molecule has 3 rings (SSSR count). The smallest absolute Gasteiger partial charge is 0.309 e. The topological polar surface area (TPSA) is 109 Å². The number of cyclic esters (lactones) is 1. The predicted octanol–water partition coefficient (Wildman–Crippen LogP) is 4.25. The number of ether oxygens (including phenoxy) is 2. The SMILES string of the molecule is C/C(=C\c1csc(C)n1)C1C[C@@H]2O[C@]2(C)C/C=C/C(C)[C@H](O)C(C)C(=O)C(C)(C)[C@@H](O)CC(=O)O1. The molecule has 2 aliphatic heterocycles. The number of aliphatic hydroxyl groups excluding tert-OH is 2. The molecule has 1 fully saturated rings. The van der Waals surface area contributed by atoms with Crippen LogP contribution < -0.4 is 0 Å². The molecule has 1 aromatic heterocycles. The summed E-state index contributed by atoms with van der Waals surface area (Å²) in [5.41, 5.74) is 0.0391. The zero-order valence-electron chi connectivity index (χ0n) is 21.8. The number of ketones is 1. The van der Waals surface area contributed by atoms with Crippen LogP contribution in [0.3, 0.4) is 0 Å². The predicted molar refractivity (Wildman–Crippen MR) is 136 cm³/mol. The monoisotopic (exact) mass is 505 g/mol. The first-order valence-corrected chi connectivity index (χ1v) is 13.2. The maximum Gasteiger partial charge on any atom is 0.309 e. The van der Waals surface area contributed by atoms with Crippen molar-refractivity contribution in [2.24, 2.45) is 17.3 Å². The van der Waals surface area contributed by atoms with Crippen LogP contribution in [0.2, 0.25) is 0 Å². The molecule has 7 atom stereocenters. The quantitative estimate of drug-likeness (QED) is 0.351. The van der Waals surface area contributed by atoms with Gasteiger partial charge in [0.25, 0.3) is 0 Å². The normalized spacial score (nSPS) is 37.9. The first-order valence-electron chi connectivity index (χ1n) is 12.3. The number of aliphatic hydroxyl groups is 2. The Morgan fingerprint density at radius 3 is 2.54 bits per heavy atom. The Balaban J connectivity index is 1.89. The Bertz CT molecular complexity index is 998. The lowest BCUT2D eigenvalue weighted by Crippen LogP contribution is -2.45. The highest BCUT2D eigenvalue weighted by Crippen LogP contribution is 2.44. The number of aryl methyl sites for hydroxylation is 1. The van der Waals surface area contributed by atoms with Gasteiger partial charge in [-0.25, -0.2) is 4.98 Å². The molecular formula is C27H39NO6S. The van der Waals surface area contributed by atoms with Crippen molar-refractivity contribution in [2.75, 3.05) is 0 Å². The molecule has 0 saturated carbocycles. The van der Waals surface area contributed by atoms with Gasteiger partial charge in [0.1, 0.15) is 11.9 Å². The van der Waals surface area contributed by atoms with Gasteiger partial charge in [-0.2, -0.15) is 0 Å². The minimum absolute atomic E-state index is 0.0968. The number of nitrogens with zero attached hydrogens (tertiary/aromatic N) is 1. The van der Waals surface area contributed by atoms with E-state index in [0.717, 1.165) is 16.3 Å². The van der Waals surface area contributed by atoms with Crippen molar-refractivity contribution >= 4 is 29.2 Å². The van der Waals surface area contributed by atoms with Crippen molar-refractivity contribution in [1.29, 1.82) is 0 Å². The summed E-state index contributed by atoms with van der Waals surface area (Å²) in [6, 6.07) is 0. The summed E-state index contributed by atoms with van der Waals surface area (Å²) < 4.78 is 11.9. The summed E-state index contributed by atoms with van der Waals surface area (Å²) in [7, 11) is 0. The molecule has 3 heterocycles. The summed E-state index contributed by atoms with van der Waals surface area (Å²) >= 11 is 1.55. The summed E-state index contributed by atoms with van der Waals surface area (Å²) in [6.45, 7) is 12.6. The van der Waals surface area contributed by atoms with E-state index < -0.39 is 35.6 Å². The number of fused-ring (bicyclic) bond motifs is 1. The van der Waals surface area contributed by atoms with Crippen LogP contribution in [0.15, 0.2) is 23.1 Å². The van der Waals surface area contributed by atoms with E-state index >= 15 is 0 Å². The Labute approximate surface area is 212 Å². The molecule has 2 aliphatic rings. The first kappa shape index (κ1) is 27.7. The number of carbonyl (C=O) groups is 2. The van der Waals surface area contributed by atoms with E-state index in [1.807, 2.05) is 51.3 Å². The van der Waals surface area contributed by atoms with Crippen LogP contribution in [0.1, 0.15) is 71.5 Å². The zero-order valence-corrected chi connectivity index (χ0v) is 22.6. The van der Waals surface area contributed by atoms with Crippen molar-refractivity contribution in [3.63, 3.8) is 0 Å². The van der Waals surface area contributed by atoms with Crippen LogP contribution >= 0.6 is 11.3 Å². The van der Waals surface area contributed by atoms with E-state index in [1.54, 1.807) is 32.1 Å². The van der Waals surface area contributed by atoms with Gasteiger partial charge < -0.3 is 19.7 Å². The van der Waals surface area contributed by atoms with Crippen molar-refractivity contribution in [1.82, 2.24) is 4.98 Å². The van der Waals surface area contributed by atoms with Gasteiger partial charge in [0.15, 0.2) is 0 Å². The van der Waals surface area contributed by atoms with Gasteiger partial charge in [0.05, 0.1) is 46.5 Å². The second-order valence-corrected chi connectivity index (χ2v) is 12.0. The summed E-state index contributed by atoms with van der Waals surface area (Å²) in [4.78, 5) is 30.6. The molecule has 0 aliphatic carbocycles. The van der Waals surface area contributed by atoms with Crippen LogP contribution in [-0.2, 0) is 19.1 Å². The minimum Gasteiger partial charge on any atom is -0.458 e. The largest absolute Gasteiger partial charge is 0.458 e. The van der Waals surface area contributed by atoms with Crippen molar-refractivity contribution in [3.8, 4) is 0 Å². The number of aromatic nitrogens is 1. The molecule has 1 saturated heterocycles. The van der Waals surface area contributed by atoms with Gasteiger partial charge in [0, 0.05) is 23.6 Å².